The highest BCUT2D eigenvalue weighted by Crippen LogP contribution is 2.23. The zero-order chi connectivity index (χ0) is 16.2. The third-order valence-electron chi connectivity index (χ3n) is 3.46. The molecule has 1 amide bonds. The van der Waals surface area contributed by atoms with Crippen LogP contribution in [0.5, 0.6) is 0 Å². The van der Waals surface area contributed by atoms with Gasteiger partial charge in [-0.3, -0.25) is 4.79 Å². The van der Waals surface area contributed by atoms with Crippen molar-refractivity contribution in [3.63, 3.8) is 0 Å². The fourth-order valence-corrected chi connectivity index (χ4v) is 2.86. The van der Waals surface area contributed by atoms with E-state index in [0.29, 0.717) is 5.56 Å². The molecule has 3 rings (SSSR count). The Labute approximate surface area is 141 Å². The maximum Gasteiger partial charge on any atom is 0.251 e. The Hall–Kier alpha value is -2.54. The first kappa shape index (κ1) is 15.4. The maximum atomic E-state index is 12.4. The van der Waals surface area contributed by atoms with Crippen molar-refractivity contribution in [3.8, 4) is 5.69 Å². The van der Waals surface area contributed by atoms with Crippen LogP contribution in [0, 0.1) is 0 Å². The number of hydrogen-bond acceptors (Lipinski definition) is 4. The number of aromatic nitrogens is 4. The van der Waals surface area contributed by atoms with Gasteiger partial charge in [-0.25, -0.2) is 4.68 Å². The molecule has 1 unspecified atom stereocenters. The summed E-state index contributed by atoms with van der Waals surface area (Å²) in [5.74, 6) is -0.128. The largest absolute Gasteiger partial charge is 0.345 e. The van der Waals surface area contributed by atoms with Crippen LogP contribution in [-0.4, -0.2) is 26.1 Å². The summed E-state index contributed by atoms with van der Waals surface area (Å²) < 4.78 is 2.51. The lowest BCUT2D eigenvalue weighted by Crippen LogP contribution is -2.26. The average Bonchev–Trinajstić information content (AvgIpc) is 3.09. The van der Waals surface area contributed by atoms with E-state index in [1.165, 1.54) is 11.0 Å². The van der Waals surface area contributed by atoms with Gasteiger partial charge < -0.3 is 5.32 Å². The molecule has 0 saturated heterocycles. The third kappa shape index (κ3) is 3.45. The lowest BCUT2D eigenvalue weighted by molar-refractivity contribution is 0.0940. The van der Waals surface area contributed by atoms with Crippen molar-refractivity contribution < 1.29 is 4.79 Å². The van der Waals surface area contributed by atoms with Crippen molar-refractivity contribution in [2.24, 2.45) is 0 Å². The third-order valence-corrected chi connectivity index (χ3v) is 4.18. The number of nitrogens with one attached hydrogen (secondary N) is 1. The predicted molar refractivity (Wildman–Crippen MR) is 89.2 cm³/mol. The van der Waals surface area contributed by atoms with Crippen LogP contribution < -0.4 is 5.32 Å². The van der Waals surface area contributed by atoms with Crippen molar-refractivity contribution in [1.29, 1.82) is 0 Å². The van der Waals surface area contributed by atoms with Crippen molar-refractivity contribution in [3.05, 3.63) is 70.5 Å². The van der Waals surface area contributed by atoms with E-state index in [-0.39, 0.29) is 11.9 Å². The normalized spacial score (nSPS) is 11.9. The van der Waals surface area contributed by atoms with Crippen LogP contribution in [0.3, 0.4) is 0 Å². The standard InChI is InChI=1S/C16H14BrN5O/c1-11(14-4-2-3-5-15(14)17)19-16(23)12-6-8-13(9-7-12)22-10-18-20-21-22/h2-11H,1H3,(H,19,23). The van der Waals surface area contributed by atoms with Gasteiger partial charge in [0, 0.05) is 10.0 Å². The minimum absolute atomic E-state index is 0.0998. The van der Waals surface area contributed by atoms with Gasteiger partial charge in [-0.05, 0) is 53.2 Å². The SMILES string of the molecule is CC(NC(=O)c1ccc(-n2cnnn2)cc1)c1ccccc1Br. The summed E-state index contributed by atoms with van der Waals surface area (Å²) in [5.41, 5.74) is 2.41. The Morgan fingerprint density at radius 1 is 1.17 bits per heavy atom. The van der Waals surface area contributed by atoms with E-state index in [0.717, 1.165) is 15.7 Å². The second-order valence-electron chi connectivity index (χ2n) is 5.02. The number of carbonyl (C=O) groups excluding carboxylic acids is 1. The van der Waals surface area contributed by atoms with E-state index in [1.807, 2.05) is 31.2 Å². The Morgan fingerprint density at radius 2 is 1.91 bits per heavy atom. The number of benzene rings is 2. The lowest BCUT2D eigenvalue weighted by atomic mass is 10.1. The van der Waals surface area contributed by atoms with Gasteiger partial charge in [-0.15, -0.1) is 5.10 Å². The molecule has 1 heterocycles. The Balaban J connectivity index is 1.72. The van der Waals surface area contributed by atoms with Crippen LogP contribution in [0.15, 0.2) is 59.3 Å². The average molecular weight is 372 g/mol. The van der Waals surface area contributed by atoms with Gasteiger partial charge in [0.25, 0.3) is 5.91 Å². The van der Waals surface area contributed by atoms with Crippen molar-refractivity contribution in [1.82, 2.24) is 25.5 Å². The fraction of sp³-hybridized carbons (Fsp3) is 0.125. The molecule has 0 saturated carbocycles. The highest BCUT2D eigenvalue weighted by atomic mass is 79.9. The van der Waals surface area contributed by atoms with E-state index in [4.69, 9.17) is 0 Å². The number of tetrazole rings is 1. The van der Waals surface area contributed by atoms with E-state index < -0.39 is 0 Å². The monoisotopic (exact) mass is 371 g/mol. The van der Waals surface area contributed by atoms with E-state index in [9.17, 15) is 4.79 Å². The lowest BCUT2D eigenvalue weighted by Gasteiger charge is -2.16. The zero-order valence-corrected chi connectivity index (χ0v) is 13.9. The maximum absolute atomic E-state index is 12.4. The molecule has 1 N–H and O–H groups in total. The molecule has 3 aromatic rings. The van der Waals surface area contributed by atoms with Crippen LogP contribution in [0.1, 0.15) is 28.9 Å². The second kappa shape index (κ2) is 6.70. The van der Waals surface area contributed by atoms with Gasteiger partial charge in [0.05, 0.1) is 11.7 Å². The molecule has 0 spiro atoms. The van der Waals surface area contributed by atoms with E-state index in [2.05, 4.69) is 36.8 Å². The number of hydrogen-bond donors (Lipinski definition) is 1. The number of amides is 1. The summed E-state index contributed by atoms with van der Waals surface area (Å²) in [5, 5.41) is 14.0. The van der Waals surface area contributed by atoms with Gasteiger partial charge in [0.15, 0.2) is 0 Å². The second-order valence-corrected chi connectivity index (χ2v) is 5.87. The van der Waals surface area contributed by atoms with Crippen LogP contribution in [0.2, 0.25) is 0 Å². The van der Waals surface area contributed by atoms with E-state index in [1.54, 1.807) is 24.3 Å². The molecule has 23 heavy (non-hydrogen) atoms. The molecule has 0 aliphatic carbocycles. The minimum Gasteiger partial charge on any atom is -0.345 e. The molecule has 6 nitrogen and oxygen atoms in total. The van der Waals surface area contributed by atoms with Gasteiger partial charge in [-0.1, -0.05) is 34.1 Å². The number of carbonyl (C=O) groups is 1. The predicted octanol–water partition coefficient (Wildman–Crippen LogP) is 2.92. The van der Waals surface area contributed by atoms with Crippen molar-refractivity contribution >= 4 is 21.8 Å². The van der Waals surface area contributed by atoms with Crippen LogP contribution in [-0.2, 0) is 0 Å². The quantitative estimate of drug-likeness (QED) is 0.765. The first-order valence-corrected chi connectivity index (χ1v) is 7.83. The molecule has 1 aromatic heterocycles. The number of nitrogens with zero attached hydrogens (tertiary/aromatic N) is 4. The minimum atomic E-state index is -0.128. The molecule has 0 radical (unpaired) electrons. The molecule has 0 bridgehead atoms. The molecular formula is C16H14BrN5O. The van der Waals surface area contributed by atoms with Gasteiger partial charge in [-0.2, -0.15) is 0 Å². The van der Waals surface area contributed by atoms with Crippen molar-refractivity contribution in [2.45, 2.75) is 13.0 Å². The number of rotatable bonds is 4. The van der Waals surface area contributed by atoms with Crippen LogP contribution >= 0.6 is 15.9 Å². The first-order valence-electron chi connectivity index (χ1n) is 7.04. The summed E-state index contributed by atoms with van der Waals surface area (Å²) in [4.78, 5) is 12.4. The highest BCUT2D eigenvalue weighted by Gasteiger charge is 2.13. The number of halogens is 1. The van der Waals surface area contributed by atoms with Crippen LogP contribution in [0.4, 0.5) is 0 Å². The highest BCUT2D eigenvalue weighted by molar-refractivity contribution is 9.10. The summed E-state index contributed by atoms with van der Waals surface area (Å²) in [6.45, 7) is 1.95. The molecule has 0 fully saturated rings. The molecule has 1 atom stereocenters. The smallest absolute Gasteiger partial charge is 0.251 e. The van der Waals surface area contributed by atoms with Crippen LogP contribution in [0.25, 0.3) is 5.69 Å². The summed E-state index contributed by atoms with van der Waals surface area (Å²) in [7, 11) is 0. The summed E-state index contributed by atoms with van der Waals surface area (Å²) in [6.07, 6.45) is 1.50. The van der Waals surface area contributed by atoms with Gasteiger partial charge in [0.1, 0.15) is 6.33 Å². The Morgan fingerprint density at radius 3 is 2.57 bits per heavy atom. The molecule has 116 valence electrons. The Bertz CT molecular complexity index is 802. The Kier molecular flexibility index (Phi) is 4.47. The van der Waals surface area contributed by atoms with Gasteiger partial charge >= 0.3 is 0 Å². The molecule has 0 aliphatic rings. The van der Waals surface area contributed by atoms with Gasteiger partial charge in [0.2, 0.25) is 0 Å². The molecule has 2 aromatic carbocycles. The summed E-state index contributed by atoms with van der Waals surface area (Å²) in [6, 6.07) is 14.8. The van der Waals surface area contributed by atoms with Crippen molar-refractivity contribution in [2.75, 3.05) is 0 Å². The summed E-state index contributed by atoms with van der Waals surface area (Å²) >= 11 is 3.50. The topological polar surface area (TPSA) is 72.7 Å². The first-order chi connectivity index (χ1) is 11.1. The van der Waals surface area contributed by atoms with E-state index >= 15 is 0 Å². The molecule has 0 aliphatic heterocycles. The zero-order valence-electron chi connectivity index (χ0n) is 12.3. The molecule has 7 heteroatoms. The fourth-order valence-electron chi connectivity index (χ4n) is 2.23. The molecular weight excluding hydrogens is 358 g/mol.